The minimum atomic E-state index is -0.451. The van der Waals surface area contributed by atoms with Crippen molar-refractivity contribution >= 4 is 35.4 Å². The molecule has 0 atom stereocenters. The predicted octanol–water partition coefficient (Wildman–Crippen LogP) is 4.48. The van der Waals surface area contributed by atoms with E-state index >= 15 is 0 Å². The van der Waals surface area contributed by atoms with E-state index in [1.807, 2.05) is 37.3 Å². The second-order valence-corrected chi connectivity index (χ2v) is 8.65. The lowest BCUT2D eigenvalue weighted by Gasteiger charge is -2.46. The van der Waals surface area contributed by atoms with Crippen LogP contribution in [0.5, 0.6) is 0 Å². The van der Waals surface area contributed by atoms with Gasteiger partial charge in [-0.05, 0) is 30.7 Å². The molecule has 2 aromatic rings. The topological polar surface area (TPSA) is 32.8 Å². The van der Waals surface area contributed by atoms with E-state index in [1.165, 1.54) is 0 Å². The highest BCUT2D eigenvalue weighted by Crippen LogP contribution is 2.40. The highest BCUT2D eigenvalue weighted by Gasteiger charge is 2.40. The molecule has 4 rings (SSSR count). The third-order valence-corrected chi connectivity index (χ3v) is 6.14. The number of halogens is 3. The number of nitrogens with zero attached hydrogens (tertiary/aromatic N) is 2. The normalized spacial score (nSPS) is 19.1. The molecule has 2 aromatic carbocycles. The first-order valence-corrected chi connectivity index (χ1v) is 9.95. The van der Waals surface area contributed by atoms with Crippen molar-refractivity contribution in [3.05, 3.63) is 63.4 Å². The Bertz CT molecular complexity index is 876. The van der Waals surface area contributed by atoms with Crippen molar-refractivity contribution in [3.8, 4) is 0 Å². The van der Waals surface area contributed by atoms with E-state index in [0.29, 0.717) is 41.7 Å². The van der Waals surface area contributed by atoms with Crippen LogP contribution in [0.3, 0.4) is 0 Å². The molecular formula is C21H21Cl2FN2O2. The number of hydrogen-bond acceptors (Lipinski definition) is 4. The molecule has 7 heteroatoms. The second kappa shape index (κ2) is 7.54. The Hall–Kier alpha value is -1.82. The van der Waals surface area contributed by atoms with Crippen molar-refractivity contribution < 1.29 is 13.9 Å². The molecule has 0 unspecified atom stereocenters. The van der Waals surface area contributed by atoms with Gasteiger partial charge >= 0.3 is 0 Å². The van der Waals surface area contributed by atoms with Crippen LogP contribution >= 0.6 is 23.2 Å². The Balaban J connectivity index is 1.36. The monoisotopic (exact) mass is 422 g/mol. The zero-order chi connectivity index (χ0) is 19.9. The molecule has 0 saturated carbocycles. The maximum atomic E-state index is 14.6. The van der Waals surface area contributed by atoms with Crippen LogP contribution in [0.25, 0.3) is 0 Å². The molecule has 148 valence electrons. The summed E-state index contributed by atoms with van der Waals surface area (Å²) >= 11 is 12.5. The van der Waals surface area contributed by atoms with E-state index in [9.17, 15) is 9.18 Å². The summed E-state index contributed by atoms with van der Waals surface area (Å²) in [5.74, 6) is 0.0563. The second-order valence-electron chi connectivity index (χ2n) is 7.83. The lowest BCUT2D eigenvalue weighted by Crippen LogP contribution is -2.60. The van der Waals surface area contributed by atoms with E-state index in [4.69, 9.17) is 27.9 Å². The molecule has 0 aromatic heterocycles. The van der Waals surface area contributed by atoms with Gasteiger partial charge < -0.3 is 9.64 Å². The van der Waals surface area contributed by atoms with Crippen LogP contribution in [0.2, 0.25) is 10.0 Å². The lowest BCUT2D eigenvalue weighted by molar-refractivity contribution is -0.161. The molecule has 0 N–H and O–H groups in total. The number of carbonyl (C=O) groups is 1. The Kier molecular flexibility index (Phi) is 5.25. The molecule has 2 fully saturated rings. The Morgan fingerprint density at radius 1 is 1.21 bits per heavy atom. The van der Waals surface area contributed by atoms with Gasteiger partial charge in [-0.1, -0.05) is 41.4 Å². The molecule has 2 aliphatic rings. The maximum absolute atomic E-state index is 14.6. The average molecular weight is 423 g/mol. The molecule has 0 amide bonds. The fraction of sp³-hybridized carbons (Fsp3) is 0.381. The first-order chi connectivity index (χ1) is 13.4. The number of para-hydroxylation sites is 1. The van der Waals surface area contributed by atoms with Crippen LogP contribution in [0.15, 0.2) is 36.4 Å². The maximum Gasteiger partial charge on any atom is 0.293 e. The summed E-state index contributed by atoms with van der Waals surface area (Å²) in [6.07, 6.45) is 0. The van der Waals surface area contributed by atoms with Crippen LogP contribution in [0.4, 0.5) is 10.1 Å². The summed E-state index contributed by atoms with van der Waals surface area (Å²) < 4.78 is 19.7. The number of likely N-dealkylation sites (tertiary alicyclic amines) is 1. The van der Waals surface area contributed by atoms with Crippen LogP contribution in [-0.2, 0) is 16.1 Å². The van der Waals surface area contributed by atoms with Crippen LogP contribution < -0.4 is 4.90 Å². The summed E-state index contributed by atoms with van der Waals surface area (Å²) in [7, 11) is 0. The summed E-state index contributed by atoms with van der Waals surface area (Å²) in [6.45, 7) is 5.61. The minimum absolute atomic E-state index is 0.198. The zero-order valence-electron chi connectivity index (χ0n) is 15.5. The summed E-state index contributed by atoms with van der Waals surface area (Å²) in [5.41, 5.74) is 2.03. The molecule has 0 aliphatic carbocycles. The third-order valence-electron chi connectivity index (χ3n) is 5.53. The van der Waals surface area contributed by atoms with Crippen LogP contribution in [-0.4, -0.2) is 43.2 Å². The SMILES string of the molecule is CC1(OC=O)CN(Cc2ccc(C3CN(c4c(Cl)cccc4Cl)C3)cc2F)C1. The van der Waals surface area contributed by atoms with Crippen molar-refractivity contribution in [2.45, 2.75) is 25.0 Å². The van der Waals surface area contributed by atoms with Crippen LogP contribution in [0.1, 0.15) is 24.0 Å². The van der Waals surface area contributed by atoms with Gasteiger partial charge in [-0.3, -0.25) is 9.69 Å². The highest BCUT2D eigenvalue weighted by molar-refractivity contribution is 6.39. The molecule has 4 nitrogen and oxygen atoms in total. The van der Waals surface area contributed by atoms with Gasteiger partial charge in [0.2, 0.25) is 0 Å². The smallest absolute Gasteiger partial charge is 0.293 e. The molecule has 2 heterocycles. The minimum Gasteiger partial charge on any atom is -0.459 e. The van der Waals surface area contributed by atoms with Gasteiger partial charge in [-0.15, -0.1) is 0 Å². The predicted molar refractivity (Wildman–Crippen MR) is 109 cm³/mol. The van der Waals surface area contributed by atoms with Crippen molar-refractivity contribution in [3.63, 3.8) is 0 Å². The highest BCUT2D eigenvalue weighted by atomic mass is 35.5. The zero-order valence-corrected chi connectivity index (χ0v) is 17.0. The van der Waals surface area contributed by atoms with Gasteiger partial charge in [0.25, 0.3) is 6.47 Å². The molecule has 2 saturated heterocycles. The molecule has 28 heavy (non-hydrogen) atoms. The number of ether oxygens (including phenoxy) is 1. The quantitative estimate of drug-likeness (QED) is 0.642. The molecular weight excluding hydrogens is 402 g/mol. The number of rotatable bonds is 6. The third kappa shape index (κ3) is 3.71. The van der Waals surface area contributed by atoms with Gasteiger partial charge in [0.15, 0.2) is 0 Å². The van der Waals surface area contributed by atoms with Gasteiger partial charge in [-0.25, -0.2) is 4.39 Å². The average Bonchev–Trinajstić information content (AvgIpc) is 2.57. The number of carbonyl (C=O) groups excluding carboxylic acids is 1. The van der Waals surface area contributed by atoms with Gasteiger partial charge in [0.1, 0.15) is 11.4 Å². The van der Waals surface area contributed by atoms with E-state index < -0.39 is 5.60 Å². The molecule has 0 spiro atoms. The number of hydrogen-bond donors (Lipinski definition) is 0. The summed E-state index contributed by atoms with van der Waals surface area (Å²) in [6, 6.07) is 11.0. The Morgan fingerprint density at radius 2 is 1.89 bits per heavy atom. The Labute approximate surface area is 173 Å². The van der Waals surface area contributed by atoms with Crippen LogP contribution in [0, 0.1) is 5.82 Å². The fourth-order valence-electron chi connectivity index (χ4n) is 4.05. The van der Waals surface area contributed by atoms with E-state index in [-0.39, 0.29) is 11.7 Å². The molecule has 0 bridgehead atoms. The van der Waals surface area contributed by atoms with Gasteiger partial charge in [-0.2, -0.15) is 0 Å². The fourth-order valence-corrected chi connectivity index (χ4v) is 4.69. The molecule has 2 aliphatic heterocycles. The van der Waals surface area contributed by atoms with Crippen molar-refractivity contribution in [2.24, 2.45) is 0 Å². The van der Waals surface area contributed by atoms with E-state index in [0.717, 1.165) is 24.3 Å². The molecule has 0 radical (unpaired) electrons. The van der Waals surface area contributed by atoms with Crippen molar-refractivity contribution in [2.75, 3.05) is 31.1 Å². The van der Waals surface area contributed by atoms with E-state index in [1.54, 1.807) is 6.07 Å². The number of benzene rings is 2. The van der Waals surface area contributed by atoms with Crippen molar-refractivity contribution in [1.29, 1.82) is 0 Å². The van der Waals surface area contributed by atoms with E-state index in [2.05, 4.69) is 9.80 Å². The standard InChI is InChI=1S/C21H21Cl2FN2O2/c1-21(28-13-27)11-25(12-21)8-15-6-5-14(7-19(15)24)16-9-26(10-16)20-17(22)3-2-4-18(20)23/h2-7,13,16H,8-12H2,1H3. The first-order valence-electron chi connectivity index (χ1n) is 9.20. The van der Waals surface area contributed by atoms with Crippen molar-refractivity contribution in [1.82, 2.24) is 4.90 Å². The largest absolute Gasteiger partial charge is 0.459 e. The summed E-state index contributed by atoms with van der Waals surface area (Å²) in [4.78, 5) is 14.7. The number of anilines is 1. The van der Waals surface area contributed by atoms with Gasteiger partial charge in [0.05, 0.1) is 15.7 Å². The summed E-state index contributed by atoms with van der Waals surface area (Å²) in [5, 5.41) is 1.26. The van der Waals surface area contributed by atoms with Gasteiger partial charge in [0, 0.05) is 44.2 Å². The first kappa shape index (κ1) is 19.5. The Morgan fingerprint density at radius 3 is 2.50 bits per heavy atom. The lowest BCUT2D eigenvalue weighted by atomic mass is 9.89.